The molecule has 1 rings (SSSR count). The van der Waals surface area contributed by atoms with E-state index < -0.39 is 28.6 Å². The standard InChI is InChI=1S/C14H20N2O5S/c1-14(2,3)10-21-13(18)15-9-12(17)16-22(19,20)11-7-5-4-6-8-11/h4-8H,9-10H2,1-3H3,(H,15,18)(H,16,17). The van der Waals surface area contributed by atoms with E-state index in [9.17, 15) is 18.0 Å². The number of carbonyl (C=O) groups is 2. The predicted molar refractivity (Wildman–Crippen MR) is 80.6 cm³/mol. The molecule has 0 heterocycles. The van der Waals surface area contributed by atoms with E-state index in [2.05, 4.69) is 5.32 Å². The maximum atomic E-state index is 11.9. The largest absolute Gasteiger partial charge is 0.449 e. The minimum Gasteiger partial charge on any atom is -0.449 e. The van der Waals surface area contributed by atoms with E-state index in [-0.39, 0.29) is 16.9 Å². The van der Waals surface area contributed by atoms with Crippen molar-refractivity contribution in [3.8, 4) is 0 Å². The SMILES string of the molecule is CC(C)(C)COC(=O)NCC(=O)NS(=O)(=O)c1ccccc1. The third-order valence-electron chi connectivity index (χ3n) is 2.33. The lowest BCUT2D eigenvalue weighted by atomic mass is 9.99. The summed E-state index contributed by atoms with van der Waals surface area (Å²) in [7, 11) is -3.93. The van der Waals surface area contributed by atoms with Gasteiger partial charge < -0.3 is 10.1 Å². The number of amides is 2. The topological polar surface area (TPSA) is 102 Å². The molecule has 0 radical (unpaired) electrons. The number of alkyl carbamates (subject to hydrolysis) is 1. The number of ether oxygens (including phenoxy) is 1. The lowest BCUT2D eigenvalue weighted by molar-refractivity contribution is -0.118. The van der Waals surface area contributed by atoms with Gasteiger partial charge >= 0.3 is 6.09 Å². The quantitative estimate of drug-likeness (QED) is 0.847. The highest BCUT2D eigenvalue weighted by molar-refractivity contribution is 7.90. The fourth-order valence-corrected chi connectivity index (χ4v) is 2.34. The van der Waals surface area contributed by atoms with Gasteiger partial charge in [0, 0.05) is 0 Å². The molecule has 8 heteroatoms. The second-order valence-electron chi connectivity index (χ2n) is 5.83. The smallest absolute Gasteiger partial charge is 0.407 e. The first kappa shape index (κ1) is 18.0. The first-order valence-corrected chi connectivity index (χ1v) is 8.10. The van der Waals surface area contributed by atoms with Crippen LogP contribution in [0.15, 0.2) is 35.2 Å². The summed E-state index contributed by atoms with van der Waals surface area (Å²) in [6, 6.07) is 7.47. The lowest BCUT2D eigenvalue weighted by Gasteiger charge is -2.17. The monoisotopic (exact) mass is 328 g/mol. The predicted octanol–water partition coefficient (Wildman–Crippen LogP) is 1.26. The van der Waals surface area contributed by atoms with Crippen molar-refractivity contribution >= 4 is 22.0 Å². The van der Waals surface area contributed by atoms with E-state index in [0.29, 0.717) is 0 Å². The number of hydrogen-bond acceptors (Lipinski definition) is 5. The molecule has 0 aromatic heterocycles. The number of sulfonamides is 1. The molecule has 0 bridgehead atoms. The Labute approximate surface area is 130 Å². The van der Waals surface area contributed by atoms with Crippen molar-refractivity contribution in [2.45, 2.75) is 25.7 Å². The van der Waals surface area contributed by atoms with E-state index in [4.69, 9.17) is 4.74 Å². The molecule has 2 N–H and O–H groups in total. The first-order valence-electron chi connectivity index (χ1n) is 6.61. The second kappa shape index (κ2) is 7.26. The Bertz CT molecular complexity index is 620. The molecule has 122 valence electrons. The van der Waals surface area contributed by atoms with Crippen LogP contribution < -0.4 is 10.0 Å². The summed E-state index contributed by atoms with van der Waals surface area (Å²) >= 11 is 0. The molecule has 0 saturated carbocycles. The Kier molecular flexibility index (Phi) is 5.92. The maximum Gasteiger partial charge on any atom is 0.407 e. The zero-order chi connectivity index (χ0) is 16.8. The molecule has 0 fully saturated rings. The number of hydrogen-bond donors (Lipinski definition) is 2. The van der Waals surface area contributed by atoms with E-state index >= 15 is 0 Å². The third-order valence-corrected chi connectivity index (χ3v) is 3.72. The zero-order valence-electron chi connectivity index (χ0n) is 12.8. The maximum absolute atomic E-state index is 11.9. The van der Waals surface area contributed by atoms with Gasteiger partial charge in [0.1, 0.15) is 6.54 Å². The molecule has 0 unspecified atom stereocenters. The van der Waals surface area contributed by atoms with Crippen LogP contribution in [-0.2, 0) is 19.6 Å². The molecule has 1 aromatic rings. The fourth-order valence-electron chi connectivity index (χ4n) is 1.33. The van der Waals surface area contributed by atoms with Gasteiger partial charge in [0.2, 0.25) is 0 Å². The van der Waals surface area contributed by atoms with Crippen LogP contribution in [0.2, 0.25) is 0 Å². The van der Waals surface area contributed by atoms with Gasteiger partial charge in [-0.2, -0.15) is 0 Å². The normalized spacial score (nSPS) is 11.6. The van der Waals surface area contributed by atoms with Crippen molar-refractivity contribution in [3.63, 3.8) is 0 Å². The molecule has 0 saturated heterocycles. The summed E-state index contributed by atoms with van der Waals surface area (Å²) in [5.74, 6) is -0.850. The number of rotatable bonds is 5. The van der Waals surface area contributed by atoms with Gasteiger partial charge in [-0.15, -0.1) is 0 Å². The Balaban J connectivity index is 2.45. The molecule has 1 aromatic carbocycles. The molecule has 0 spiro atoms. The van der Waals surface area contributed by atoms with Gasteiger partial charge in [-0.25, -0.2) is 17.9 Å². The van der Waals surface area contributed by atoms with Crippen molar-refractivity contribution < 1.29 is 22.7 Å². The van der Waals surface area contributed by atoms with Gasteiger partial charge in [-0.3, -0.25) is 4.79 Å². The van der Waals surface area contributed by atoms with Crippen LogP contribution in [0.4, 0.5) is 4.79 Å². The molecule has 0 atom stereocenters. The highest BCUT2D eigenvalue weighted by Gasteiger charge is 2.18. The molecular weight excluding hydrogens is 308 g/mol. The Hall–Kier alpha value is -2.09. The van der Waals surface area contributed by atoms with E-state index in [1.165, 1.54) is 12.1 Å². The highest BCUT2D eigenvalue weighted by atomic mass is 32.2. The summed E-state index contributed by atoms with van der Waals surface area (Å²) in [5, 5.41) is 2.19. The fraction of sp³-hybridized carbons (Fsp3) is 0.429. The molecule has 0 aliphatic heterocycles. The minimum atomic E-state index is -3.93. The average Bonchev–Trinajstić information content (AvgIpc) is 2.42. The molecule has 22 heavy (non-hydrogen) atoms. The Morgan fingerprint density at radius 1 is 1.14 bits per heavy atom. The van der Waals surface area contributed by atoms with E-state index in [0.717, 1.165) is 0 Å². The average molecular weight is 328 g/mol. The van der Waals surface area contributed by atoms with Crippen molar-refractivity contribution in [3.05, 3.63) is 30.3 Å². The van der Waals surface area contributed by atoms with Crippen molar-refractivity contribution in [2.75, 3.05) is 13.2 Å². The van der Waals surface area contributed by atoms with Crippen molar-refractivity contribution in [2.24, 2.45) is 5.41 Å². The molecular formula is C14H20N2O5S. The first-order chi connectivity index (χ1) is 10.1. The van der Waals surface area contributed by atoms with Gasteiger partial charge in [0.05, 0.1) is 11.5 Å². The highest BCUT2D eigenvalue weighted by Crippen LogP contribution is 2.12. The number of benzene rings is 1. The summed E-state index contributed by atoms with van der Waals surface area (Å²) < 4.78 is 30.5. The minimum absolute atomic E-state index is 0.0290. The number of nitrogens with one attached hydrogen (secondary N) is 2. The summed E-state index contributed by atoms with van der Waals surface area (Å²) in [5.41, 5.74) is -0.198. The lowest BCUT2D eigenvalue weighted by Crippen LogP contribution is -2.40. The Morgan fingerprint density at radius 2 is 1.73 bits per heavy atom. The molecule has 7 nitrogen and oxygen atoms in total. The number of carbonyl (C=O) groups excluding carboxylic acids is 2. The summed E-state index contributed by atoms with van der Waals surface area (Å²) in [6.45, 7) is 5.36. The zero-order valence-corrected chi connectivity index (χ0v) is 13.6. The van der Waals surface area contributed by atoms with Crippen LogP contribution in [0.25, 0.3) is 0 Å². The van der Waals surface area contributed by atoms with Gasteiger partial charge in [0.15, 0.2) is 0 Å². The Morgan fingerprint density at radius 3 is 2.27 bits per heavy atom. The molecule has 0 aliphatic rings. The van der Waals surface area contributed by atoms with Gasteiger partial charge in [0.25, 0.3) is 15.9 Å². The molecule has 2 amide bonds. The van der Waals surface area contributed by atoms with Gasteiger partial charge in [-0.05, 0) is 17.5 Å². The van der Waals surface area contributed by atoms with E-state index in [1.807, 2.05) is 25.5 Å². The van der Waals surface area contributed by atoms with Crippen LogP contribution in [0.5, 0.6) is 0 Å². The van der Waals surface area contributed by atoms with Crippen molar-refractivity contribution in [1.29, 1.82) is 0 Å². The van der Waals surface area contributed by atoms with Crippen LogP contribution in [0.3, 0.4) is 0 Å². The molecule has 0 aliphatic carbocycles. The summed E-state index contributed by atoms with van der Waals surface area (Å²) in [6.07, 6.45) is -0.776. The van der Waals surface area contributed by atoms with E-state index in [1.54, 1.807) is 18.2 Å². The van der Waals surface area contributed by atoms with Crippen LogP contribution in [-0.4, -0.2) is 33.6 Å². The van der Waals surface area contributed by atoms with Crippen molar-refractivity contribution in [1.82, 2.24) is 10.0 Å². The van der Waals surface area contributed by atoms with Crippen LogP contribution in [0.1, 0.15) is 20.8 Å². The second-order valence-corrected chi connectivity index (χ2v) is 7.51. The van der Waals surface area contributed by atoms with Crippen LogP contribution in [0, 0.1) is 5.41 Å². The third kappa shape index (κ3) is 6.57. The van der Waals surface area contributed by atoms with Gasteiger partial charge in [-0.1, -0.05) is 39.0 Å². The van der Waals surface area contributed by atoms with Crippen LogP contribution >= 0.6 is 0 Å². The summed E-state index contributed by atoms with van der Waals surface area (Å²) in [4.78, 5) is 22.9.